The first kappa shape index (κ1) is 25.7. The number of fused-ring (bicyclic) bond motifs is 1. The largest absolute Gasteiger partial charge is 0.507 e. The molecular formula is C25H38N2O5. The smallest absolute Gasteiger partial charge is 0.243 e. The molecule has 7 nitrogen and oxygen atoms in total. The number of benzene rings is 1. The molecule has 0 fully saturated rings. The Bertz CT molecular complexity index is 863. The van der Waals surface area contributed by atoms with Crippen LogP contribution in [0.15, 0.2) is 0 Å². The van der Waals surface area contributed by atoms with Crippen molar-refractivity contribution in [2.75, 3.05) is 0 Å². The van der Waals surface area contributed by atoms with Crippen LogP contribution in [-0.2, 0) is 20.8 Å². The second-order valence-electron chi connectivity index (χ2n) is 9.68. The van der Waals surface area contributed by atoms with Gasteiger partial charge in [0, 0.05) is 5.56 Å². The van der Waals surface area contributed by atoms with Crippen molar-refractivity contribution in [2.24, 2.45) is 11.8 Å². The molecule has 7 heteroatoms. The van der Waals surface area contributed by atoms with E-state index in [9.17, 15) is 19.5 Å². The van der Waals surface area contributed by atoms with E-state index in [1.54, 1.807) is 0 Å². The highest BCUT2D eigenvalue weighted by atomic mass is 16.5. The fourth-order valence-electron chi connectivity index (χ4n) is 4.21. The summed E-state index contributed by atoms with van der Waals surface area (Å²) in [6.07, 6.45) is 2.51. The van der Waals surface area contributed by atoms with Gasteiger partial charge in [-0.2, -0.15) is 0 Å². The molecule has 2 rings (SSSR count). The van der Waals surface area contributed by atoms with E-state index in [-0.39, 0.29) is 36.2 Å². The predicted octanol–water partition coefficient (Wildman–Crippen LogP) is 3.27. The molecule has 1 aliphatic rings. The first-order valence-electron chi connectivity index (χ1n) is 11.5. The lowest BCUT2D eigenvalue weighted by Gasteiger charge is -2.30. The van der Waals surface area contributed by atoms with Gasteiger partial charge in [0.2, 0.25) is 11.8 Å². The van der Waals surface area contributed by atoms with Gasteiger partial charge in [0.1, 0.15) is 29.9 Å². The van der Waals surface area contributed by atoms with Gasteiger partial charge in [0.15, 0.2) is 0 Å². The Morgan fingerprint density at radius 2 is 1.75 bits per heavy atom. The minimum atomic E-state index is -0.726. The van der Waals surface area contributed by atoms with E-state index < -0.39 is 12.1 Å². The summed E-state index contributed by atoms with van der Waals surface area (Å²) in [7, 11) is 0. The molecule has 1 aliphatic heterocycles. The maximum absolute atomic E-state index is 12.8. The van der Waals surface area contributed by atoms with E-state index in [1.807, 2.05) is 48.5 Å². The number of aldehydes is 1. The van der Waals surface area contributed by atoms with Gasteiger partial charge < -0.3 is 25.3 Å². The molecule has 0 saturated heterocycles. The lowest BCUT2D eigenvalue weighted by molar-refractivity contribution is -0.132. The van der Waals surface area contributed by atoms with E-state index >= 15 is 0 Å². The zero-order valence-corrected chi connectivity index (χ0v) is 20.4. The number of carbonyl (C=O) groups is 3. The molecule has 0 bridgehead atoms. The molecule has 2 amide bonds. The van der Waals surface area contributed by atoms with Crippen molar-refractivity contribution < 1.29 is 24.2 Å². The number of hydrogen-bond acceptors (Lipinski definition) is 5. The third-order valence-electron chi connectivity index (χ3n) is 6.24. The van der Waals surface area contributed by atoms with E-state index in [1.165, 1.54) is 0 Å². The first-order chi connectivity index (χ1) is 15.0. The van der Waals surface area contributed by atoms with E-state index in [4.69, 9.17) is 4.74 Å². The Labute approximate surface area is 191 Å². The zero-order valence-electron chi connectivity index (χ0n) is 20.4. The fraction of sp³-hybridized carbons (Fsp3) is 0.640. The average molecular weight is 447 g/mol. The second-order valence-corrected chi connectivity index (χ2v) is 9.68. The second kappa shape index (κ2) is 10.8. The van der Waals surface area contributed by atoms with Crippen molar-refractivity contribution in [3.8, 4) is 11.5 Å². The molecule has 178 valence electrons. The van der Waals surface area contributed by atoms with Crippen molar-refractivity contribution in [1.82, 2.24) is 10.6 Å². The van der Waals surface area contributed by atoms with Crippen molar-refractivity contribution in [3.05, 3.63) is 22.3 Å². The van der Waals surface area contributed by atoms with Crippen LogP contribution in [0.4, 0.5) is 0 Å². The molecule has 1 aromatic carbocycles. The SMILES string of the molecule is Cc1c(C)c2c(c(C)c1O)CCC(CC(=O)NC(C(=O)NC(C=O)CC(C)C)C(C)C)O2. The Morgan fingerprint density at radius 1 is 1.09 bits per heavy atom. The molecule has 3 N–H and O–H groups in total. The highest BCUT2D eigenvalue weighted by Crippen LogP contribution is 2.41. The molecule has 1 heterocycles. The summed E-state index contributed by atoms with van der Waals surface area (Å²) in [6, 6.07) is -1.29. The number of ether oxygens (including phenoxy) is 1. The van der Waals surface area contributed by atoms with E-state index in [0.29, 0.717) is 18.6 Å². The fourth-order valence-corrected chi connectivity index (χ4v) is 4.21. The molecule has 0 saturated carbocycles. The summed E-state index contributed by atoms with van der Waals surface area (Å²) in [5, 5.41) is 15.9. The Balaban J connectivity index is 2.04. The third kappa shape index (κ3) is 6.02. The van der Waals surface area contributed by atoms with Gasteiger partial charge in [-0.15, -0.1) is 0 Å². The van der Waals surface area contributed by atoms with Gasteiger partial charge in [-0.3, -0.25) is 9.59 Å². The number of phenols is 1. The van der Waals surface area contributed by atoms with Crippen molar-refractivity contribution in [2.45, 2.75) is 92.3 Å². The normalized spacial score (nSPS) is 17.3. The standard InChI is InChI=1S/C25H38N2O5/c1-13(2)10-18(12-28)26-25(31)22(14(3)4)27-21(29)11-19-8-9-20-17(7)23(30)15(5)16(6)24(20)32-19/h12-14,18-19,22,30H,8-11H2,1-7H3,(H,26,31)(H,27,29). The topological polar surface area (TPSA) is 105 Å². The number of carbonyl (C=O) groups excluding carboxylic acids is 3. The number of nitrogens with one attached hydrogen (secondary N) is 2. The monoisotopic (exact) mass is 446 g/mol. The summed E-state index contributed by atoms with van der Waals surface area (Å²) in [5.74, 6) is 0.582. The van der Waals surface area contributed by atoms with Gasteiger partial charge in [-0.1, -0.05) is 27.7 Å². The maximum Gasteiger partial charge on any atom is 0.243 e. The molecule has 0 aliphatic carbocycles. The highest BCUT2D eigenvalue weighted by Gasteiger charge is 2.30. The van der Waals surface area contributed by atoms with Crippen LogP contribution in [0.25, 0.3) is 0 Å². The summed E-state index contributed by atoms with van der Waals surface area (Å²) in [4.78, 5) is 36.8. The molecule has 32 heavy (non-hydrogen) atoms. The van der Waals surface area contributed by atoms with Crippen LogP contribution in [-0.4, -0.2) is 41.4 Å². The Hall–Kier alpha value is -2.57. The Morgan fingerprint density at radius 3 is 2.31 bits per heavy atom. The summed E-state index contributed by atoms with van der Waals surface area (Å²) >= 11 is 0. The van der Waals surface area contributed by atoms with Gasteiger partial charge in [0.25, 0.3) is 0 Å². The van der Waals surface area contributed by atoms with E-state index in [0.717, 1.165) is 40.7 Å². The predicted molar refractivity (Wildman–Crippen MR) is 124 cm³/mol. The van der Waals surface area contributed by atoms with E-state index in [2.05, 4.69) is 10.6 Å². The lowest BCUT2D eigenvalue weighted by Crippen LogP contribution is -2.53. The molecule has 3 atom stereocenters. The first-order valence-corrected chi connectivity index (χ1v) is 11.5. The average Bonchev–Trinajstić information content (AvgIpc) is 2.73. The van der Waals surface area contributed by atoms with Crippen LogP contribution in [0.3, 0.4) is 0 Å². The maximum atomic E-state index is 12.8. The number of rotatable bonds is 9. The highest BCUT2D eigenvalue weighted by molar-refractivity contribution is 5.89. The quantitative estimate of drug-likeness (QED) is 0.505. The van der Waals surface area contributed by atoms with Crippen LogP contribution < -0.4 is 15.4 Å². The minimum Gasteiger partial charge on any atom is -0.507 e. The van der Waals surface area contributed by atoms with Crippen molar-refractivity contribution in [3.63, 3.8) is 0 Å². The number of aromatic hydroxyl groups is 1. The number of phenolic OH excluding ortho intramolecular Hbond substituents is 1. The number of hydrogen-bond donors (Lipinski definition) is 3. The van der Waals surface area contributed by atoms with Gasteiger partial charge in [-0.25, -0.2) is 0 Å². The Kier molecular flexibility index (Phi) is 8.70. The molecule has 0 aromatic heterocycles. The van der Waals surface area contributed by atoms with Crippen LogP contribution in [0.2, 0.25) is 0 Å². The van der Waals surface area contributed by atoms with Gasteiger partial charge in [-0.05, 0) is 68.6 Å². The number of amides is 2. The van der Waals surface area contributed by atoms with Crippen LogP contribution in [0.5, 0.6) is 11.5 Å². The summed E-state index contributed by atoms with van der Waals surface area (Å²) in [6.45, 7) is 13.3. The molecular weight excluding hydrogens is 408 g/mol. The molecule has 0 radical (unpaired) electrons. The van der Waals surface area contributed by atoms with Crippen molar-refractivity contribution >= 4 is 18.1 Å². The molecule has 1 aromatic rings. The summed E-state index contributed by atoms with van der Waals surface area (Å²) in [5.41, 5.74) is 3.49. The molecule has 0 spiro atoms. The molecule has 3 unspecified atom stereocenters. The van der Waals surface area contributed by atoms with Gasteiger partial charge >= 0.3 is 0 Å². The minimum absolute atomic E-state index is 0.131. The van der Waals surface area contributed by atoms with Crippen LogP contribution in [0, 0.1) is 32.6 Å². The summed E-state index contributed by atoms with van der Waals surface area (Å²) < 4.78 is 6.16. The van der Waals surface area contributed by atoms with Crippen LogP contribution >= 0.6 is 0 Å². The van der Waals surface area contributed by atoms with Crippen LogP contribution in [0.1, 0.15) is 69.2 Å². The third-order valence-corrected chi connectivity index (χ3v) is 6.24. The van der Waals surface area contributed by atoms with Gasteiger partial charge in [0.05, 0.1) is 12.5 Å². The zero-order chi connectivity index (χ0) is 24.2. The van der Waals surface area contributed by atoms with Crippen molar-refractivity contribution in [1.29, 1.82) is 0 Å². The lowest BCUT2D eigenvalue weighted by atomic mass is 9.91.